The second-order valence-corrected chi connectivity index (χ2v) is 3.60. The first-order chi connectivity index (χ1) is 7.69. The van der Waals surface area contributed by atoms with E-state index in [1.807, 2.05) is 6.92 Å². The number of hydrogen-bond acceptors (Lipinski definition) is 3. The third-order valence-electron chi connectivity index (χ3n) is 2.39. The fourth-order valence-electron chi connectivity index (χ4n) is 1.39. The Labute approximate surface area is 95.4 Å². The highest BCUT2D eigenvalue weighted by molar-refractivity contribution is 5.97. The van der Waals surface area contributed by atoms with Gasteiger partial charge in [-0.2, -0.15) is 0 Å². The Kier molecular flexibility index (Phi) is 4.70. The molecule has 0 aliphatic heterocycles. The summed E-state index contributed by atoms with van der Waals surface area (Å²) in [6.07, 6.45) is 2.47. The lowest BCUT2D eigenvalue weighted by molar-refractivity contribution is 0.0600. The zero-order valence-electron chi connectivity index (χ0n) is 9.66. The van der Waals surface area contributed by atoms with Gasteiger partial charge in [0.25, 0.3) is 0 Å². The quantitative estimate of drug-likeness (QED) is 0.566. The topological polar surface area (TPSA) is 43.4 Å². The second kappa shape index (κ2) is 6.05. The van der Waals surface area contributed by atoms with E-state index in [0.717, 1.165) is 12.8 Å². The maximum absolute atomic E-state index is 11.6. The van der Waals surface area contributed by atoms with Crippen molar-refractivity contribution in [1.82, 2.24) is 0 Å². The predicted octanol–water partition coefficient (Wildman–Crippen LogP) is 2.85. The Morgan fingerprint density at radius 2 is 1.69 bits per heavy atom. The van der Waals surface area contributed by atoms with Gasteiger partial charge < -0.3 is 4.74 Å². The van der Waals surface area contributed by atoms with Crippen molar-refractivity contribution in [1.29, 1.82) is 0 Å². The summed E-state index contributed by atoms with van der Waals surface area (Å²) in [5.41, 5.74) is 1.12. The van der Waals surface area contributed by atoms with E-state index in [2.05, 4.69) is 4.74 Å². The summed E-state index contributed by atoms with van der Waals surface area (Å²) in [5.74, 6) is -0.258. The molecule has 0 amide bonds. The van der Waals surface area contributed by atoms with Gasteiger partial charge in [0.1, 0.15) is 0 Å². The number of carbonyl (C=O) groups is 2. The van der Waals surface area contributed by atoms with Crippen LogP contribution in [-0.2, 0) is 4.74 Å². The highest BCUT2D eigenvalue weighted by Gasteiger charge is 2.08. The molecule has 0 saturated carbocycles. The van der Waals surface area contributed by atoms with E-state index in [4.69, 9.17) is 0 Å². The first kappa shape index (κ1) is 12.4. The molecule has 0 aliphatic carbocycles. The van der Waals surface area contributed by atoms with E-state index in [-0.39, 0.29) is 11.8 Å². The van der Waals surface area contributed by atoms with Crippen LogP contribution in [0.2, 0.25) is 0 Å². The number of ketones is 1. The van der Waals surface area contributed by atoms with E-state index >= 15 is 0 Å². The molecular weight excluding hydrogens is 204 g/mol. The lowest BCUT2D eigenvalue weighted by Crippen LogP contribution is -2.03. The molecular formula is C13H16O3. The van der Waals surface area contributed by atoms with Gasteiger partial charge in [0, 0.05) is 12.0 Å². The minimum atomic E-state index is -0.382. The average Bonchev–Trinajstić information content (AvgIpc) is 2.35. The van der Waals surface area contributed by atoms with Crippen LogP contribution in [0.3, 0.4) is 0 Å². The van der Waals surface area contributed by atoms with Crippen molar-refractivity contribution in [3.05, 3.63) is 35.4 Å². The standard InChI is InChI=1S/C13H16O3/c1-3-4-5-12(14)10-6-8-11(9-7-10)13(15)16-2/h6-9H,3-5H2,1-2H3. The molecule has 0 aliphatic rings. The number of hydrogen-bond donors (Lipinski definition) is 0. The lowest BCUT2D eigenvalue weighted by atomic mass is 10.0. The third kappa shape index (κ3) is 3.19. The summed E-state index contributed by atoms with van der Waals surface area (Å²) in [5, 5.41) is 0. The Balaban J connectivity index is 2.71. The van der Waals surface area contributed by atoms with Gasteiger partial charge >= 0.3 is 5.97 Å². The van der Waals surface area contributed by atoms with Gasteiger partial charge in [-0.15, -0.1) is 0 Å². The van der Waals surface area contributed by atoms with Crippen molar-refractivity contribution in [2.45, 2.75) is 26.2 Å². The summed E-state index contributed by atoms with van der Waals surface area (Å²) in [4.78, 5) is 22.8. The van der Waals surface area contributed by atoms with Crippen LogP contribution < -0.4 is 0 Å². The number of unbranched alkanes of at least 4 members (excludes halogenated alkanes) is 1. The van der Waals surface area contributed by atoms with Crippen LogP contribution in [0.4, 0.5) is 0 Å². The molecule has 0 aromatic heterocycles. The normalized spacial score (nSPS) is 9.88. The number of carbonyl (C=O) groups excluding carboxylic acids is 2. The van der Waals surface area contributed by atoms with Gasteiger partial charge in [0.2, 0.25) is 0 Å². The molecule has 1 rings (SSSR count). The summed E-state index contributed by atoms with van der Waals surface area (Å²) in [6, 6.07) is 6.57. The summed E-state index contributed by atoms with van der Waals surface area (Å²) >= 11 is 0. The number of rotatable bonds is 5. The van der Waals surface area contributed by atoms with E-state index in [1.54, 1.807) is 24.3 Å². The molecule has 0 atom stereocenters. The number of methoxy groups -OCH3 is 1. The molecule has 0 saturated heterocycles. The maximum atomic E-state index is 11.6. The van der Waals surface area contributed by atoms with Crippen LogP contribution >= 0.6 is 0 Å². The molecule has 0 unspecified atom stereocenters. The third-order valence-corrected chi connectivity index (χ3v) is 2.39. The second-order valence-electron chi connectivity index (χ2n) is 3.60. The Bertz CT molecular complexity index is 365. The SMILES string of the molecule is CCCCC(=O)c1ccc(C(=O)OC)cc1. The van der Waals surface area contributed by atoms with Crippen molar-refractivity contribution < 1.29 is 14.3 Å². The number of ether oxygens (including phenoxy) is 1. The van der Waals surface area contributed by atoms with E-state index in [1.165, 1.54) is 7.11 Å². The highest BCUT2D eigenvalue weighted by atomic mass is 16.5. The van der Waals surface area contributed by atoms with E-state index in [9.17, 15) is 9.59 Å². The molecule has 0 radical (unpaired) electrons. The molecule has 0 N–H and O–H groups in total. The van der Waals surface area contributed by atoms with Crippen LogP contribution in [0.1, 0.15) is 46.9 Å². The van der Waals surface area contributed by atoms with Crippen LogP contribution in [0.5, 0.6) is 0 Å². The van der Waals surface area contributed by atoms with E-state index in [0.29, 0.717) is 17.5 Å². The van der Waals surface area contributed by atoms with Gasteiger partial charge in [-0.3, -0.25) is 4.79 Å². The Hall–Kier alpha value is -1.64. The molecule has 3 heteroatoms. The molecule has 3 nitrogen and oxygen atoms in total. The molecule has 0 bridgehead atoms. The molecule has 0 heterocycles. The first-order valence-corrected chi connectivity index (χ1v) is 5.40. The summed E-state index contributed by atoms with van der Waals surface area (Å²) < 4.78 is 4.58. The van der Waals surface area contributed by atoms with Crippen molar-refractivity contribution in [3.63, 3.8) is 0 Å². The number of Topliss-reactive ketones (excluding diaryl/α,β-unsaturated/α-hetero) is 1. The molecule has 1 aromatic rings. The van der Waals surface area contributed by atoms with Crippen LogP contribution in [0, 0.1) is 0 Å². The summed E-state index contributed by atoms with van der Waals surface area (Å²) in [7, 11) is 1.34. The van der Waals surface area contributed by atoms with Crippen LogP contribution in [-0.4, -0.2) is 18.9 Å². The zero-order valence-corrected chi connectivity index (χ0v) is 9.66. The molecule has 16 heavy (non-hydrogen) atoms. The molecule has 0 fully saturated rings. The van der Waals surface area contributed by atoms with Crippen LogP contribution in [0.25, 0.3) is 0 Å². The van der Waals surface area contributed by atoms with Crippen molar-refractivity contribution in [3.8, 4) is 0 Å². The van der Waals surface area contributed by atoms with Gasteiger partial charge in [-0.1, -0.05) is 25.5 Å². The van der Waals surface area contributed by atoms with Crippen molar-refractivity contribution in [2.24, 2.45) is 0 Å². The zero-order chi connectivity index (χ0) is 12.0. The first-order valence-electron chi connectivity index (χ1n) is 5.40. The summed E-state index contributed by atoms with van der Waals surface area (Å²) in [6.45, 7) is 2.05. The number of benzene rings is 1. The number of esters is 1. The van der Waals surface area contributed by atoms with Crippen molar-refractivity contribution >= 4 is 11.8 Å². The minimum Gasteiger partial charge on any atom is -0.465 e. The molecule has 0 spiro atoms. The smallest absolute Gasteiger partial charge is 0.337 e. The fraction of sp³-hybridized carbons (Fsp3) is 0.385. The van der Waals surface area contributed by atoms with Gasteiger partial charge in [-0.25, -0.2) is 4.79 Å². The average molecular weight is 220 g/mol. The maximum Gasteiger partial charge on any atom is 0.337 e. The Morgan fingerprint density at radius 3 is 2.19 bits per heavy atom. The predicted molar refractivity (Wildman–Crippen MR) is 61.6 cm³/mol. The molecule has 86 valence electrons. The lowest BCUT2D eigenvalue weighted by Gasteiger charge is -2.02. The van der Waals surface area contributed by atoms with Gasteiger partial charge in [0.15, 0.2) is 5.78 Å². The highest BCUT2D eigenvalue weighted by Crippen LogP contribution is 2.09. The largest absolute Gasteiger partial charge is 0.465 e. The van der Waals surface area contributed by atoms with Crippen LogP contribution in [0.15, 0.2) is 24.3 Å². The minimum absolute atomic E-state index is 0.123. The molecule has 1 aromatic carbocycles. The fourth-order valence-corrected chi connectivity index (χ4v) is 1.39. The van der Waals surface area contributed by atoms with Gasteiger partial charge in [0.05, 0.1) is 12.7 Å². The Morgan fingerprint density at radius 1 is 1.12 bits per heavy atom. The van der Waals surface area contributed by atoms with Crippen molar-refractivity contribution in [2.75, 3.05) is 7.11 Å². The van der Waals surface area contributed by atoms with Gasteiger partial charge in [-0.05, 0) is 18.6 Å². The monoisotopic (exact) mass is 220 g/mol. The van der Waals surface area contributed by atoms with E-state index < -0.39 is 0 Å².